The molecule has 0 aliphatic carbocycles. The summed E-state index contributed by atoms with van der Waals surface area (Å²) in [5.74, 6) is 0. The summed E-state index contributed by atoms with van der Waals surface area (Å²) in [5.41, 5.74) is 0. The number of urea groups is 1. The zero-order valence-corrected chi connectivity index (χ0v) is 12.6. The average Bonchev–Trinajstić information content (AvgIpc) is 3.01. The van der Waals surface area contributed by atoms with Crippen molar-refractivity contribution < 1.29 is 4.79 Å². The minimum atomic E-state index is -0.161. The lowest BCUT2D eigenvalue weighted by molar-refractivity contribution is 0.244. The van der Waals surface area contributed by atoms with Crippen molar-refractivity contribution in [2.75, 3.05) is 26.0 Å². The van der Waals surface area contributed by atoms with Crippen molar-refractivity contribution in [3.8, 4) is 0 Å². The van der Waals surface area contributed by atoms with E-state index in [0.29, 0.717) is 6.54 Å². The van der Waals surface area contributed by atoms with Gasteiger partial charge in [-0.15, -0.1) is 22.7 Å². The molecule has 0 saturated heterocycles. The molecule has 6 heteroatoms. The van der Waals surface area contributed by atoms with E-state index in [2.05, 4.69) is 27.0 Å². The van der Waals surface area contributed by atoms with Crippen LogP contribution >= 0.6 is 22.7 Å². The normalized spacial score (nSPS) is 12.4. The third-order valence-electron chi connectivity index (χ3n) is 2.71. The Morgan fingerprint density at radius 3 is 2.58 bits per heavy atom. The molecule has 2 amide bonds. The second-order valence-corrected chi connectivity index (χ2v) is 6.23. The quantitative estimate of drug-likeness (QED) is 0.889. The first-order chi connectivity index (χ1) is 9.16. The van der Waals surface area contributed by atoms with Crippen molar-refractivity contribution in [2.45, 2.75) is 6.04 Å². The van der Waals surface area contributed by atoms with Gasteiger partial charge in [0, 0.05) is 11.4 Å². The fraction of sp³-hybridized carbons (Fsp3) is 0.308. The van der Waals surface area contributed by atoms with Crippen molar-refractivity contribution >= 4 is 33.7 Å². The number of thiophene rings is 2. The maximum absolute atomic E-state index is 11.8. The van der Waals surface area contributed by atoms with E-state index in [1.165, 1.54) is 16.2 Å². The third-order valence-corrected chi connectivity index (χ3v) is 4.47. The van der Waals surface area contributed by atoms with Gasteiger partial charge in [-0.25, -0.2) is 4.79 Å². The van der Waals surface area contributed by atoms with Crippen LogP contribution < -0.4 is 10.6 Å². The number of nitrogens with zero attached hydrogens (tertiary/aromatic N) is 1. The number of hydrogen-bond donors (Lipinski definition) is 2. The Morgan fingerprint density at radius 2 is 2.00 bits per heavy atom. The summed E-state index contributed by atoms with van der Waals surface area (Å²) in [4.78, 5) is 15.1. The second-order valence-electron chi connectivity index (χ2n) is 4.31. The first-order valence-electron chi connectivity index (χ1n) is 5.95. The Morgan fingerprint density at radius 1 is 1.26 bits per heavy atom. The molecule has 19 heavy (non-hydrogen) atoms. The predicted octanol–water partition coefficient (Wildman–Crippen LogP) is 3.23. The molecule has 1 atom stereocenters. The standard InChI is InChI=1S/C13H17N3OS2/c1-16(2)10(11-5-3-7-18-11)9-14-13(17)15-12-6-4-8-19-12/h3-8,10H,9H2,1-2H3,(H2,14,15,17)/t10-/m1/s1. The fourth-order valence-corrected chi connectivity index (χ4v) is 3.25. The van der Waals surface area contributed by atoms with Gasteiger partial charge >= 0.3 is 6.03 Å². The number of rotatable bonds is 5. The minimum absolute atomic E-state index is 0.161. The summed E-state index contributed by atoms with van der Waals surface area (Å²) >= 11 is 3.21. The van der Waals surface area contributed by atoms with Crippen LogP contribution in [0, 0.1) is 0 Å². The fourth-order valence-electron chi connectivity index (χ4n) is 1.71. The molecule has 2 aromatic rings. The first kappa shape index (κ1) is 14.0. The molecule has 102 valence electrons. The number of anilines is 1. The largest absolute Gasteiger partial charge is 0.336 e. The van der Waals surface area contributed by atoms with Crippen molar-refractivity contribution in [3.05, 3.63) is 39.9 Å². The number of amides is 2. The monoisotopic (exact) mass is 295 g/mol. The first-order valence-corrected chi connectivity index (χ1v) is 7.71. The SMILES string of the molecule is CN(C)[C@H](CNC(=O)Nc1cccs1)c1cccs1. The highest BCUT2D eigenvalue weighted by Crippen LogP contribution is 2.22. The van der Waals surface area contributed by atoms with Crippen LogP contribution in [-0.4, -0.2) is 31.6 Å². The second kappa shape index (κ2) is 6.70. The highest BCUT2D eigenvalue weighted by atomic mass is 32.1. The molecule has 0 aliphatic heterocycles. The Kier molecular flexibility index (Phi) is 4.95. The molecule has 0 bridgehead atoms. The molecule has 0 aliphatic rings. The molecule has 2 N–H and O–H groups in total. The van der Waals surface area contributed by atoms with Crippen LogP contribution in [0.1, 0.15) is 10.9 Å². The summed E-state index contributed by atoms with van der Waals surface area (Å²) in [6.45, 7) is 0.588. The van der Waals surface area contributed by atoms with Crippen molar-refractivity contribution in [1.29, 1.82) is 0 Å². The molecule has 0 unspecified atom stereocenters. The van der Waals surface area contributed by atoms with Gasteiger partial charge < -0.3 is 10.2 Å². The van der Waals surface area contributed by atoms with E-state index in [9.17, 15) is 4.79 Å². The number of carbonyl (C=O) groups is 1. The molecule has 0 aromatic carbocycles. The van der Waals surface area contributed by atoms with E-state index >= 15 is 0 Å². The molecule has 2 aromatic heterocycles. The smallest absolute Gasteiger partial charge is 0.319 e. The van der Waals surface area contributed by atoms with Gasteiger partial charge in [0.15, 0.2) is 0 Å². The van der Waals surface area contributed by atoms with E-state index in [1.807, 2.05) is 37.7 Å². The van der Waals surface area contributed by atoms with Crippen LogP contribution in [0.4, 0.5) is 9.80 Å². The molecule has 4 nitrogen and oxygen atoms in total. The Hall–Kier alpha value is -1.37. The summed E-state index contributed by atoms with van der Waals surface area (Å²) in [6.07, 6.45) is 0. The number of likely N-dealkylation sites (N-methyl/N-ethyl adjacent to an activating group) is 1. The maximum atomic E-state index is 11.8. The van der Waals surface area contributed by atoms with Gasteiger partial charge in [0.2, 0.25) is 0 Å². The number of carbonyl (C=O) groups excluding carboxylic acids is 1. The van der Waals surface area contributed by atoms with Crippen LogP contribution in [0.15, 0.2) is 35.0 Å². The lowest BCUT2D eigenvalue weighted by Crippen LogP contribution is -2.36. The van der Waals surface area contributed by atoms with Crippen molar-refractivity contribution in [2.24, 2.45) is 0 Å². The van der Waals surface area contributed by atoms with Crippen molar-refractivity contribution in [3.63, 3.8) is 0 Å². The van der Waals surface area contributed by atoms with Gasteiger partial charge in [0.1, 0.15) is 0 Å². The summed E-state index contributed by atoms with van der Waals surface area (Å²) in [5, 5.41) is 10.6. The van der Waals surface area contributed by atoms with E-state index in [1.54, 1.807) is 11.3 Å². The lowest BCUT2D eigenvalue weighted by atomic mass is 10.2. The minimum Gasteiger partial charge on any atom is -0.336 e. The molecule has 2 heterocycles. The maximum Gasteiger partial charge on any atom is 0.319 e. The molecular formula is C13H17N3OS2. The summed E-state index contributed by atoms with van der Waals surface area (Å²) < 4.78 is 0. The number of nitrogens with one attached hydrogen (secondary N) is 2. The van der Waals surface area contributed by atoms with Crippen molar-refractivity contribution in [1.82, 2.24) is 10.2 Å². The Balaban J connectivity index is 1.87. The van der Waals surface area contributed by atoms with Crippen LogP contribution in [0.3, 0.4) is 0 Å². The van der Waals surface area contributed by atoms with Gasteiger partial charge in [0.05, 0.1) is 11.0 Å². The van der Waals surface area contributed by atoms with E-state index < -0.39 is 0 Å². The average molecular weight is 295 g/mol. The van der Waals surface area contributed by atoms with E-state index in [4.69, 9.17) is 0 Å². The molecule has 2 rings (SSSR count). The van der Waals surface area contributed by atoms with Gasteiger partial charge in [-0.05, 0) is 43.1 Å². The zero-order valence-electron chi connectivity index (χ0n) is 10.9. The predicted molar refractivity (Wildman–Crippen MR) is 82.1 cm³/mol. The summed E-state index contributed by atoms with van der Waals surface area (Å²) in [6, 6.07) is 7.96. The number of hydrogen-bond acceptors (Lipinski definition) is 4. The molecule has 0 spiro atoms. The van der Waals surface area contributed by atoms with Crippen LogP contribution in [0.2, 0.25) is 0 Å². The molecule has 0 radical (unpaired) electrons. The van der Waals surface area contributed by atoms with Gasteiger partial charge in [-0.1, -0.05) is 6.07 Å². The molecular weight excluding hydrogens is 278 g/mol. The summed E-state index contributed by atoms with van der Waals surface area (Å²) in [7, 11) is 4.03. The van der Waals surface area contributed by atoms with Crippen LogP contribution in [-0.2, 0) is 0 Å². The Bertz CT molecular complexity index is 494. The van der Waals surface area contributed by atoms with Gasteiger partial charge in [-0.3, -0.25) is 5.32 Å². The third kappa shape index (κ3) is 4.05. The van der Waals surface area contributed by atoms with Gasteiger partial charge in [-0.2, -0.15) is 0 Å². The van der Waals surface area contributed by atoms with E-state index in [-0.39, 0.29) is 12.1 Å². The topological polar surface area (TPSA) is 44.4 Å². The van der Waals surface area contributed by atoms with Gasteiger partial charge in [0.25, 0.3) is 0 Å². The Labute approximate surface area is 121 Å². The highest BCUT2D eigenvalue weighted by molar-refractivity contribution is 7.14. The molecule has 0 fully saturated rings. The lowest BCUT2D eigenvalue weighted by Gasteiger charge is -2.23. The van der Waals surface area contributed by atoms with Crippen LogP contribution in [0.25, 0.3) is 0 Å². The molecule has 0 saturated carbocycles. The van der Waals surface area contributed by atoms with Crippen LogP contribution in [0.5, 0.6) is 0 Å². The highest BCUT2D eigenvalue weighted by Gasteiger charge is 2.16. The zero-order chi connectivity index (χ0) is 13.7. The van der Waals surface area contributed by atoms with E-state index in [0.717, 1.165) is 5.00 Å².